The molecule has 0 aliphatic heterocycles. The molecular weight excluding hydrogens is 438 g/mol. The van der Waals surface area contributed by atoms with Crippen LogP contribution in [0.2, 0.25) is 0 Å². The summed E-state index contributed by atoms with van der Waals surface area (Å²) >= 11 is 0. The van der Waals surface area contributed by atoms with Crippen molar-refractivity contribution in [1.82, 2.24) is 14.6 Å². The summed E-state index contributed by atoms with van der Waals surface area (Å²) in [6.07, 6.45) is -1.21. The fraction of sp³-hybridized carbons (Fsp3) is 0.207. The van der Waals surface area contributed by atoms with Crippen LogP contribution in [0.5, 0.6) is 0 Å². The molecule has 0 amide bonds. The van der Waals surface area contributed by atoms with Crippen LogP contribution < -0.4 is 0 Å². The van der Waals surface area contributed by atoms with Crippen LogP contribution >= 0.6 is 0 Å². The van der Waals surface area contributed by atoms with Gasteiger partial charge in [-0.05, 0) is 44.5 Å². The lowest BCUT2D eigenvalue weighted by Gasteiger charge is -2.27. The first-order chi connectivity index (χ1) is 16.7. The number of hydrogen-bond acceptors (Lipinski definition) is 4. The van der Waals surface area contributed by atoms with Crippen molar-refractivity contribution in [3.8, 4) is 22.5 Å². The average molecular weight is 466 g/mol. The third kappa shape index (κ3) is 4.40. The standard InChI is InChI=1S/C29H27N3O3/c1-18-25(27(28(33)34)35-29(2,3)4)26(22-15-14-19-10-8-9-13-21(19)16-22)32-24(30-18)17-23(31-32)20-11-6-5-7-12-20/h5-17,27H,1-4H3,(H,33,34). The molecule has 176 valence electrons. The topological polar surface area (TPSA) is 76.7 Å². The maximum Gasteiger partial charge on any atom is 0.337 e. The Morgan fingerprint density at radius 1 is 0.914 bits per heavy atom. The van der Waals surface area contributed by atoms with Crippen LogP contribution in [0.3, 0.4) is 0 Å². The summed E-state index contributed by atoms with van der Waals surface area (Å²) in [7, 11) is 0. The first-order valence-corrected chi connectivity index (χ1v) is 11.6. The van der Waals surface area contributed by atoms with Gasteiger partial charge in [0.25, 0.3) is 0 Å². The Bertz CT molecular complexity index is 1550. The molecule has 6 nitrogen and oxygen atoms in total. The van der Waals surface area contributed by atoms with E-state index in [0.29, 0.717) is 22.6 Å². The molecule has 6 heteroatoms. The molecule has 0 aliphatic rings. The summed E-state index contributed by atoms with van der Waals surface area (Å²) in [4.78, 5) is 17.3. The van der Waals surface area contributed by atoms with Gasteiger partial charge in [-0.1, -0.05) is 66.7 Å². The normalized spacial score (nSPS) is 12.8. The van der Waals surface area contributed by atoms with Gasteiger partial charge < -0.3 is 9.84 Å². The molecule has 35 heavy (non-hydrogen) atoms. The Morgan fingerprint density at radius 2 is 1.60 bits per heavy atom. The maximum absolute atomic E-state index is 12.5. The SMILES string of the molecule is Cc1nc2cc(-c3ccccc3)nn2c(-c2ccc3ccccc3c2)c1C(OC(C)(C)C)C(=O)O. The second-order valence-electron chi connectivity index (χ2n) is 9.64. The lowest BCUT2D eigenvalue weighted by Crippen LogP contribution is -2.29. The first-order valence-electron chi connectivity index (χ1n) is 11.6. The number of carboxylic acid groups (broad SMARTS) is 1. The molecule has 2 heterocycles. The van der Waals surface area contributed by atoms with Crippen molar-refractivity contribution >= 4 is 22.4 Å². The Balaban J connectivity index is 1.84. The molecule has 0 spiro atoms. The minimum Gasteiger partial charge on any atom is -0.479 e. The highest BCUT2D eigenvalue weighted by atomic mass is 16.5. The first kappa shape index (κ1) is 22.7. The molecule has 0 saturated heterocycles. The van der Waals surface area contributed by atoms with Gasteiger partial charge in [-0.15, -0.1) is 0 Å². The summed E-state index contributed by atoms with van der Waals surface area (Å²) < 4.78 is 7.82. The number of nitrogens with zero attached hydrogens (tertiary/aromatic N) is 3. The van der Waals surface area contributed by atoms with E-state index in [0.717, 1.165) is 27.6 Å². The van der Waals surface area contributed by atoms with E-state index in [1.165, 1.54) is 0 Å². The van der Waals surface area contributed by atoms with E-state index in [2.05, 4.69) is 12.1 Å². The monoisotopic (exact) mass is 465 g/mol. The lowest BCUT2D eigenvalue weighted by atomic mass is 9.97. The minimum absolute atomic E-state index is 0.498. The largest absolute Gasteiger partial charge is 0.479 e. The Hall–Kier alpha value is -4.03. The van der Waals surface area contributed by atoms with Crippen LogP contribution in [0.4, 0.5) is 0 Å². The molecule has 1 N–H and O–H groups in total. The minimum atomic E-state index is -1.21. The van der Waals surface area contributed by atoms with Gasteiger partial charge in [0, 0.05) is 28.5 Å². The summed E-state index contributed by atoms with van der Waals surface area (Å²) in [6, 6.07) is 26.0. The van der Waals surface area contributed by atoms with E-state index in [4.69, 9.17) is 14.8 Å². The number of benzene rings is 3. The molecule has 2 aromatic heterocycles. The third-order valence-electron chi connectivity index (χ3n) is 5.88. The molecule has 0 fully saturated rings. The molecule has 5 rings (SSSR count). The number of aliphatic carboxylic acids is 1. The van der Waals surface area contributed by atoms with Gasteiger partial charge in [-0.25, -0.2) is 14.3 Å². The quantitative estimate of drug-likeness (QED) is 0.322. The Labute approximate surface area is 203 Å². The molecule has 1 unspecified atom stereocenters. The van der Waals surface area contributed by atoms with Crippen molar-refractivity contribution < 1.29 is 14.6 Å². The van der Waals surface area contributed by atoms with Gasteiger partial charge in [-0.2, -0.15) is 5.10 Å². The highest BCUT2D eigenvalue weighted by Gasteiger charge is 2.33. The number of hydrogen-bond donors (Lipinski definition) is 1. The van der Waals surface area contributed by atoms with Crippen LogP contribution in [-0.4, -0.2) is 31.3 Å². The summed E-state index contributed by atoms with van der Waals surface area (Å²) in [5, 5.41) is 17.3. The fourth-order valence-corrected chi connectivity index (χ4v) is 4.40. The smallest absolute Gasteiger partial charge is 0.337 e. The van der Waals surface area contributed by atoms with Crippen molar-refractivity contribution in [2.24, 2.45) is 0 Å². The predicted octanol–water partition coefficient (Wildman–Crippen LogP) is 6.47. The van der Waals surface area contributed by atoms with E-state index in [-0.39, 0.29) is 0 Å². The number of fused-ring (bicyclic) bond motifs is 2. The van der Waals surface area contributed by atoms with Crippen LogP contribution in [0.25, 0.3) is 38.9 Å². The number of aryl methyl sites for hydroxylation is 1. The molecule has 0 aliphatic carbocycles. The number of aromatic nitrogens is 3. The molecule has 3 aromatic carbocycles. The number of carbonyl (C=O) groups is 1. The maximum atomic E-state index is 12.5. The number of rotatable bonds is 5. The lowest BCUT2D eigenvalue weighted by molar-refractivity contribution is -0.160. The van der Waals surface area contributed by atoms with Gasteiger partial charge in [0.05, 0.1) is 17.0 Å². The molecular formula is C29H27N3O3. The van der Waals surface area contributed by atoms with Crippen molar-refractivity contribution in [1.29, 1.82) is 0 Å². The van der Waals surface area contributed by atoms with Gasteiger partial charge in [0.2, 0.25) is 0 Å². The summed E-state index contributed by atoms with van der Waals surface area (Å²) in [5.41, 5.74) is 4.30. The van der Waals surface area contributed by atoms with Crippen LogP contribution in [0, 0.1) is 6.92 Å². The zero-order chi connectivity index (χ0) is 24.7. The highest BCUT2D eigenvalue weighted by Crippen LogP contribution is 2.37. The predicted molar refractivity (Wildman–Crippen MR) is 137 cm³/mol. The number of carboxylic acids is 1. The number of ether oxygens (including phenoxy) is 1. The van der Waals surface area contributed by atoms with Crippen molar-refractivity contribution in [3.63, 3.8) is 0 Å². The van der Waals surface area contributed by atoms with E-state index in [1.807, 2.05) is 94.4 Å². The van der Waals surface area contributed by atoms with Gasteiger partial charge in [-0.3, -0.25) is 0 Å². The van der Waals surface area contributed by atoms with Crippen LogP contribution in [0.1, 0.15) is 38.1 Å². The van der Waals surface area contributed by atoms with Crippen LogP contribution in [-0.2, 0) is 9.53 Å². The molecule has 5 aromatic rings. The van der Waals surface area contributed by atoms with E-state index in [9.17, 15) is 9.90 Å². The second-order valence-corrected chi connectivity index (χ2v) is 9.64. The van der Waals surface area contributed by atoms with E-state index >= 15 is 0 Å². The zero-order valence-corrected chi connectivity index (χ0v) is 20.2. The summed E-state index contributed by atoms with van der Waals surface area (Å²) in [5.74, 6) is -1.07. The van der Waals surface area contributed by atoms with E-state index < -0.39 is 17.7 Å². The average Bonchev–Trinajstić information content (AvgIpc) is 3.25. The van der Waals surface area contributed by atoms with Crippen molar-refractivity contribution in [3.05, 3.63) is 90.1 Å². The molecule has 0 radical (unpaired) electrons. The highest BCUT2D eigenvalue weighted by molar-refractivity contribution is 5.89. The Morgan fingerprint density at radius 3 is 2.29 bits per heavy atom. The molecule has 0 saturated carbocycles. The molecule has 1 atom stereocenters. The fourth-order valence-electron chi connectivity index (χ4n) is 4.40. The second kappa shape index (κ2) is 8.64. The van der Waals surface area contributed by atoms with Gasteiger partial charge >= 0.3 is 5.97 Å². The third-order valence-corrected chi connectivity index (χ3v) is 5.88. The van der Waals surface area contributed by atoms with Crippen molar-refractivity contribution in [2.75, 3.05) is 0 Å². The van der Waals surface area contributed by atoms with E-state index in [1.54, 1.807) is 4.52 Å². The summed E-state index contributed by atoms with van der Waals surface area (Å²) in [6.45, 7) is 7.38. The van der Waals surface area contributed by atoms with Gasteiger partial charge in [0.15, 0.2) is 11.8 Å². The zero-order valence-electron chi connectivity index (χ0n) is 20.2. The Kier molecular flexibility index (Phi) is 5.61. The van der Waals surface area contributed by atoms with Crippen molar-refractivity contribution in [2.45, 2.75) is 39.4 Å². The van der Waals surface area contributed by atoms with Gasteiger partial charge in [0.1, 0.15) is 0 Å². The van der Waals surface area contributed by atoms with Crippen LogP contribution in [0.15, 0.2) is 78.9 Å². The molecule has 0 bridgehead atoms.